The van der Waals surface area contributed by atoms with E-state index in [1.807, 2.05) is 4.90 Å². The average Bonchev–Trinajstić information content (AvgIpc) is 2.51. The first-order chi connectivity index (χ1) is 10.9. The molecule has 0 aliphatic carbocycles. The van der Waals surface area contributed by atoms with Gasteiger partial charge in [-0.15, -0.1) is 0 Å². The van der Waals surface area contributed by atoms with E-state index in [1.54, 1.807) is 0 Å². The smallest absolute Gasteiger partial charge is 0.422 e. The van der Waals surface area contributed by atoms with Crippen molar-refractivity contribution in [2.24, 2.45) is 5.73 Å². The largest absolute Gasteiger partial charge is 0.482 e. The van der Waals surface area contributed by atoms with E-state index >= 15 is 0 Å². The van der Waals surface area contributed by atoms with E-state index in [9.17, 15) is 17.6 Å². The number of halogens is 4. The van der Waals surface area contributed by atoms with E-state index in [1.165, 1.54) is 12.1 Å². The molecule has 2 N–H and O–H groups in total. The second-order valence-electron chi connectivity index (χ2n) is 5.49. The molecule has 1 saturated heterocycles. The molecule has 8 heteroatoms. The fraction of sp³-hybridized carbons (Fsp3) is 0.600. The third-order valence-corrected chi connectivity index (χ3v) is 3.70. The van der Waals surface area contributed by atoms with E-state index in [0.29, 0.717) is 25.3 Å². The first-order valence-corrected chi connectivity index (χ1v) is 7.55. The van der Waals surface area contributed by atoms with E-state index in [-0.39, 0.29) is 5.75 Å². The lowest BCUT2D eigenvalue weighted by molar-refractivity contribution is -0.153. The van der Waals surface area contributed by atoms with Crippen LogP contribution in [0, 0.1) is 5.82 Å². The van der Waals surface area contributed by atoms with Crippen LogP contribution in [0.2, 0.25) is 0 Å². The van der Waals surface area contributed by atoms with E-state index in [0.717, 1.165) is 32.1 Å². The maximum atomic E-state index is 13.3. The van der Waals surface area contributed by atoms with Gasteiger partial charge in [0.2, 0.25) is 0 Å². The van der Waals surface area contributed by atoms with E-state index in [2.05, 4.69) is 4.90 Å². The fourth-order valence-electron chi connectivity index (χ4n) is 2.55. The molecule has 0 saturated carbocycles. The van der Waals surface area contributed by atoms with Crippen molar-refractivity contribution in [2.45, 2.75) is 12.6 Å². The molecule has 1 aromatic carbocycles. The van der Waals surface area contributed by atoms with Gasteiger partial charge in [-0.05, 0) is 31.6 Å². The Morgan fingerprint density at radius 3 is 2.43 bits per heavy atom. The third-order valence-electron chi connectivity index (χ3n) is 3.70. The molecule has 1 aromatic rings. The minimum Gasteiger partial charge on any atom is -0.482 e. The van der Waals surface area contributed by atoms with E-state index < -0.39 is 18.6 Å². The molecule has 23 heavy (non-hydrogen) atoms. The lowest BCUT2D eigenvalue weighted by atomic mass is 10.2. The van der Waals surface area contributed by atoms with Crippen LogP contribution in [0.15, 0.2) is 18.2 Å². The number of nitrogens with zero attached hydrogens (tertiary/aromatic N) is 2. The predicted molar refractivity (Wildman–Crippen MR) is 80.3 cm³/mol. The van der Waals surface area contributed by atoms with Crippen molar-refractivity contribution in [3.05, 3.63) is 24.0 Å². The summed E-state index contributed by atoms with van der Waals surface area (Å²) < 4.78 is 55.1. The highest BCUT2D eigenvalue weighted by molar-refractivity contribution is 5.59. The van der Waals surface area contributed by atoms with Crippen molar-refractivity contribution in [2.75, 3.05) is 50.8 Å². The monoisotopic (exact) mass is 335 g/mol. The summed E-state index contributed by atoms with van der Waals surface area (Å²) in [6.45, 7) is 2.99. The van der Waals surface area contributed by atoms with Crippen LogP contribution in [-0.2, 0) is 0 Å². The van der Waals surface area contributed by atoms with Gasteiger partial charge >= 0.3 is 6.18 Å². The summed E-state index contributed by atoms with van der Waals surface area (Å²) in [6.07, 6.45) is -3.54. The molecule has 1 aliphatic heterocycles. The maximum Gasteiger partial charge on any atom is 0.422 e. The van der Waals surface area contributed by atoms with Crippen molar-refractivity contribution >= 4 is 5.69 Å². The zero-order chi connectivity index (χ0) is 16.9. The Morgan fingerprint density at radius 2 is 1.83 bits per heavy atom. The zero-order valence-electron chi connectivity index (χ0n) is 12.8. The van der Waals surface area contributed by atoms with Crippen LogP contribution >= 0.6 is 0 Å². The molecule has 4 nitrogen and oxygen atoms in total. The number of benzene rings is 1. The van der Waals surface area contributed by atoms with Gasteiger partial charge in [-0.25, -0.2) is 4.39 Å². The molecule has 0 spiro atoms. The number of alkyl halides is 3. The highest BCUT2D eigenvalue weighted by Crippen LogP contribution is 2.31. The summed E-state index contributed by atoms with van der Waals surface area (Å²) >= 11 is 0. The normalized spacial score (nSPS) is 16.7. The van der Waals surface area contributed by atoms with Gasteiger partial charge in [0.15, 0.2) is 6.61 Å². The summed E-state index contributed by atoms with van der Waals surface area (Å²) in [4.78, 5) is 4.17. The number of ether oxygens (including phenoxy) is 1. The van der Waals surface area contributed by atoms with Gasteiger partial charge in [0.25, 0.3) is 0 Å². The molecule has 2 rings (SSSR count). The molecule has 0 bridgehead atoms. The Bertz CT molecular complexity index is 502. The maximum absolute atomic E-state index is 13.3. The van der Waals surface area contributed by atoms with Crippen LogP contribution in [0.3, 0.4) is 0 Å². The summed E-state index contributed by atoms with van der Waals surface area (Å²) in [5.74, 6) is -0.690. The quantitative estimate of drug-likeness (QED) is 0.810. The van der Waals surface area contributed by atoms with Gasteiger partial charge in [-0.2, -0.15) is 13.2 Å². The van der Waals surface area contributed by atoms with Gasteiger partial charge < -0.3 is 15.4 Å². The number of rotatable bonds is 6. The van der Waals surface area contributed by atoms with E-state index in [4.69, 9.17) is 10.5 Å². The molecule has 0 amide bonds. The van der Waals surface area contributed by atoms with Crippen molar-refractivity contribution in [1.29, 1.82) is 0 Å². The molecule has 0 unspecified atom stereocenters. The molecule has 1 aliphatic rings. The highest BCUT2D eigenvalue weighted by atomic mass is 19.4. The zero-order valence-corrected chi connectivity index (χ0v) is 12.8. The molecule has 0 atom stereocenters. The van der Waals surface area contributed by atoms with Gasteiger partial charge in [0.05, 0.1) is 5.69 Å². The fourth-order valence-corrected chi connectivity index (χ4v) is 2.55. The molecular weight excluding hydrogens is 314 g/mol. The molecule has 1 heterocycles. The number of nitrogens with two attached hydrogens (primary N) is 1. The average molecular weight is 335 g/mol. The SMILES string of the molecule is NCCCN1CCN(c2ccc(F)cc2OCC(F)(F)F)CC1. The van der Waals surface area contributed by atoms with Gasteiger partial charge in [-0.1, -0.05) is 0 Å². The highest BCUT2D eigenvalue weighted by Gasteiger charge is 2.29. The second kappa shape index (κ2) is 7.83. The van der Waals surface area contributed by atoms with Crippen LogP contribution < -0.4 is 15.4 Å². The van der Waals surface area contributed by atoms with Crippen LogP contribution in [-0.4, -0.2) is 57.0 Å². The Labute approximate surface area is 132 Å². The Hall–Kier alpha value is -1.54. The predicted octanol–water partition coefficient (Wildman–Crippen LogP) is 2.24. The lowest BCUT2D eigenvalue weighted by Crippen LogP contribution is -2.47. The molecule has 130 valence electrons. The topological polar surface area (TPSA) is 41.7 Å². The number of hydrogen-bond donors (Lipinski definition) is 1. The Morgan fingerprint density at radius 1 is 1.13 bits per heavy atom. The summed E-state index contributed by atoms with van der Waals surface area (Å²) in [6, 6.07) is 3.70. The number of anilines is 1. The second-order valence-corrected chi connectivity index (χ2v) is 5.49. The minimum atomic E-state index is -4.45. The first kappa shape index (κ1) is 17.8. The van der Waals surface area contributed by atoms with Gasteiger partial charge in [0, 0.05) is 32.2 Å². The minimum absolute atomic E-state index is 0.0715. The lowest BCUT2D eigenvalue weighted by Gasteiger charge is -2.36. The van der Waals surface area contributed by atoms with Crippen LogP contribution in [0.5, 0.6) is 5.75 Å². The van der Waals surface area contributed by atoms with Crippen molar-refractivity contribution in [3.8, 4) is 5.75 Å². The Balaban J connectivity index is 2.02. The number of hydrogen-bond acceptors (Lipinski definition) is 4. The molecular formula is C15H21F4N3O. The van der Waals surface area contributed by atoms with Gasteiger partial charge in [0.1, 0.15) is 11.6 Å². The van der Waals surface area contributed by atoms with Gasteiger partial charge in [-0.3, -0.25) is 4.90 Å². The first-order valence-electron chi connectivity index (χ1n) is 7.55. The molecule has 0 radical (unpaired) electrons. The van der Waals surface area contributed by atoms with Crippen molar-refractivity contribution in [1.82, 2.24) is 4.90 Å². The third kappa shape index (κ3) is 5.54. The molecule has 0 aromatic heterocycles. The summed E-state index contributed by atoms with van der Waals surface area (Å²) in [5.41, 5.74) is 5.98. The van der Waals surface area contributed by atoms with Crippen molar-refractivity contribution in [3.63, 3.8) is 0 Å². The molecule has 1 fully saturated rings. The number of piperazine rings is 1. The summed E-state index contributed by atoms with van der Waals surface area (Å²) in [5, 5.41) is 0. The van der Waals surface area contributed by atoms with Crippen LogP contribution in [0.4, 0.5) is 23.2 Å². The van der Waals surface area contributed by atoms with Crippen LogP contribution in [0.25, 0.3) is 0 Å². The van der Waals surface area contributed by atoms with Crippen LogP contribution in [0.1, 0.15) is 6.42 Å². The summed E-state index contributed by atoms with van der Waals surface area (Å²) in [7, 11) is 0. The Kier molecular flexibility index (Phi) is 6.06. The van der Waals surface area contributed by atoms with Crippen molar-refractivity contribution < 1.29 is 22.3 Å². The standard InChI is InChI=1S/C15H21F4N3O/c16-12-2-3-13(14(10-12)23-11-15(17,18)19)22-8-6-21(7-9-22)5-1-4-20/h2-3,10H,1,4-9,11,20H2.